The minimum Gasteiger partial charge on any atom is -0.478 e. The Balaban J connectivity index is 2.22. The number of hydrogen-bond donors (Lipinski definition) is 0. The average Bonchev–Trinajstić information content (AvgIpc) is 2.74. The summed E-state index contributed by atoms with van der Waals surface area (Å²) < 4.78 is 6.09. The molecule has 128 valence electrons. The van der Waals surface area contributed by atoms with Crippen LogP contribution in [0.1, 0.15) is 75.7 Å². The molecule has 1 heterocycles. The molecule has 0 spiro atoms. The summed E-state index contributed by atoms with van der Waals surface area (Å²) in [6, 6.07) is 0.316. The van der Waals surface area contributed by atoms with E-state index in [1.807, 2.05) is 0 Å². The van der Waals surface area contributed by atoms with E-state index < -0.39 is 0 Å². The maximum absolute atomic E-state index is 6.09. The topological polar surface area (TPSA) is 21.6 Å². The molecule has 0 unspecified atom stereocenters. The minimum absolute atomic E-state index is 0.0979. The number of hydrogen-bond acceptors (Lipinski definition) is 2. The van der Waals surface area contributed by atoms with Gasteiger partial charge in [0.2, 0.25) is 0 Å². The Bertz CT molecular complexity index is 449. The van der Waals surface area contributed by atoms with Crippen LogP contribution in [0.25, 0.3) is 0 Å². The monoisotopic (exact) mass is 325 g/mol. The van der Waals surface area contributed by atoms with Crippen molar-refractivity contribution < 1.29 is 4.74 Å². The van der Waals surface area contributed by atoms with Gasteiger partial charge in [-0.15, -0.1) is 0 Å². The van der Waals surface area contributed by atoms with Gasteiger partial charge in [0, 0.05) is 0 Å². The fourth-order valence-electron chi connectivity index (χ4n) is 4.02. The SMILES string of the molecule is CC(C)(C)[C@H]1COC([C@@]2(C)C[C@H]2P(C(C)(C)C)C(C)(C)C)=N1. The van der Waals surface area contributed by atoms with Crippen molar-refractivity contribution in [3.05, 3.63) is 0 Å². The van der Waals surface area contributed by atoms with E-state index in [4.69, 9.17) is 9.73 Å². The molecule has 22 heavy (non-hydrogen) atoms. The lowest BCUT2D eigenvalue weighted by atomic mass is 9.88. The molecule has 1 aliphatic carbocycles. The van der Waals surface area contributed by atoms with E-state index in [9.17, 15) is 0 Å². The van der Waals surface area contributed by atoms with Crippen LogP contribution in [0.4, 0.5) is 0 Å². The summed E-state index contributed by atoms with van der Waals surface area (Å²) >= 11 is 0. The standard InChI is InChI=1S/C19H36NOP/c1-16(2,3)13-12-21-15(20-13)19(10)11-14(19)22(17(4,5)6)18(7,8)9/h13-14H,11-12H2,1-10H3/t13-,14-,19+/m1/s1. The summed E-state index contributed by atoms with van der Waals surface area (Å²) in [5.74, 6) is 1.05. The molecule has 0 amide bonds. The zero-order chi connectivity index (χ0) is 17.1. The Morgan fingerprint density at radius 3 is 1.86 bits per heavy atom. The molecule has 1 fully saturated rings. The van der Waals surface area contributed by atoms with Gasteiger partial charge in [-0.1, -0.05) is 77.2 Å². The van der Waals surface area contributed by atoms with Crippen LogP contribution in [0.15, 0.2) is 4.99 Å². The molecule has 2 aliphatic rings. The second-order valence-corrected chi connectivity index (χ2v) is 14.5. The van der Waals surface area contributed by atoms with Gasteiger partial charge in [-0.25, -0.2) is 4.99 Å². The zero-order valence-electron chi connectivity index (χ0n) is 16.4. The molecule has 1 saturated carbocycles. The predicted octanol–water partition coefficient (Wildman–Crippen LogP) is 5.69. The molecule has 0 saturated heterocycles. The van der Waals surface area contributed by atoms with Crippen LogP contribution >= 0.6 is 7.92 Å². The lowest BCUT2D eigenvalue weighted by Crippen LogP contribution is -2.30. The largest absolute Gasteiger partial charge is 0.478 e. The molecular formula is C19H36NOP. The molecule has 1 aliphatic heterocycles. The Kier molecular flexibility index (Phi) is 4.31. The lowest BCUT2D eigenvalue weighted by molar-refractivity contribution is 0.228. The number of aliphatic imine (C=N–C) groups is 1. The zero-order valence-corrected chi connectivity index (χ0v) is 17.3. The number of nitrogens with zero attached hydrogens (tertiary/aromatic N) is 1. The first-order valence-electron chi connectivity index (χ1n) is 8.68. The first kappa shape index (κ1) is 18.2. The van der Waals surface area contributed by atoms with Crippen molar-refractivity contribution in [2.24, 2.45) is 15.8 Å². The van der Waals surface area contributed by atoms with Crippen molar-refractivity contribution in [2.45, 2.75) is 97.7 Å². The van der Waals surface area contributed by atoms with Crippen molar-refractivity contribution >= 4 is 13.8 Å². The molecular weight excluding hydrogens is 289 g/mol. The maximum Gasteiger partial charge on any atom is 0.190 e. The molecule has 0 radical (unpaired) electrons. The van der Waals surface area contributed by atoms with Crippen LogP contribution in [0.5, 0.6) is 0 Å². The van der Waals surface area contributed by atoms with Crippen molar-refractivity contribution in [2.75, 3.05) is 6.61 Å². The van der Waals surface area contributed by atoms with Crippen molar-refractivity contribution in [3.63, 3.8) is 0 Å². The highest BCUT2D eigenvalue weighted by atomic mass is 31.1. The highest BCUT2D eigenvalue weighted by molar-refractivity contribution is 7.62. The Morgan fingerprint density at radius 1 is 1.00 bits per heavy atom. The fraction of sp³-hybridized carbons (Fsp3) is 0.947. The van der Waals surface area contributed by atoms with E-state index >= 15 is 0 Å². The van der Waals surface area contributed by atoms with Gasteiger partial charge in [0.05, 0.1) is 11.5 Å². The molecule has 3 heteroatoms. The summed E-state index contributed by atoms with van der Waals surface area (Å²) in [5.41, 5.74) is 1.13. The summed E-state index contributed by atoms with van der Waals surface area (Å²) in [5, 5.41) is 0.747. The minimum atomic E-state index is -0.0979. The van der Waals surface area contributed by atoms with E-state index in [2.05, 4.69) is 69.2 Å². The van der Waals surface area contributed by atoms with Crippen molar-refractivity contribution in [1.29, 1.82) is 0 Å². The van der Waals surface area contributed by atoms with Crippen LogP contribution < -0.4 is 0 Å². The quantitative estimate of drug-likeness (QED) is 0.598. The first-order chi connectivity index (χ1) is 9.67. The Labute approximate surface area is 139 Å². The molecule has 0 aromatic heterocycles. The molecule has 0 bridgehead atoms. The second kappa shape index (κ2) is 5.20. The third-order valence-corrected chi connectivity index (χ3v) is 9.36. The highest BCUT2D eigenvalue weighted by Crippen LogP contribution is 2.75. The van der Waals surface area contributed by atoms with Gasteiger partial charge in [-0.3, -0.25) is 0 Å². The maximum atomic E-state index is 6.09. The third-order valence-electron chi connectivity index (χ3n) is 5.09. The summed E-state index contributed by atoms with van der Waals surface area (Å²) in [6.07, 6.45) is 1.25. The van der Waals surface area contributed by atoms with Crippen LogP contribution in [-0.2, 0) is 4.74 Å². The van der Waals surface area contributed by atoms with Crippen LogP contribution in [-0.4, -0.2) is 34.5 Å². The summed E-state index contributed by atoms with van der Waals surface area (Å²) in [6.45, 7) is 24.4. The molecule has 2 rings (SSSR count). The molecule has 0 N–H and O–H groups in total. The Hall–Kier alpha value is -0.100. The van der Waals surface area contributed by atoms with Gasteiger partial charge >= 0.3 is 0 Å². The van der Waals surface area contributed by atoms with E-state index in [0.29, 0.717) is 16.4 Å². The first-order valence-corrected chi connectivity index (χ1v) is 10.1. The summed E-state index contributed by atoms with van der Waals surface area (Å²) in [7, 11) is -0.0979. The van der Waals surface area contributed by atoms with E-state index in [0.717, 1.165) is 18.2 Å². The van der Waals surface area contributed by atoms with Gasteiger partial charge in [0.15, 0.2) is 5.90 Å². The number of rotatable bonds is 2. The van der Waals surface area contributed by atoms with Gasteiger partial charge in [0.25, 0.3) is 0 Å². The number of ether oxygens (including phenoxy) is 1. The van der Waals surface area contributed by atoms with Crippen LogP contribution in [0.3, 0.4) is 0 Å². The average molecular weight is 325 g/mol. The highest BCUT2D eigenvalue weighted by Gasteiger charge is 2.63. The van der Waals surface area contributed by atoms with Gasteiger partial charge in [-0.05, 0) is 27.8 Å². The van der Waals surface area contributed by atoms with Gasteiger partial charge in [-0.2, -0.15) is 0 Å². The second-order valence-electron chi connectivity index (χ2n) is 10.5. The molecule has 3 atom stereocenters. The predicted molar refractivity (Wildman–Crippen MR) is 99.6 cm³/mol. The van der Waals surface area contributed by atoms with Crippen LogP contribution in [0.2, 0.25) is 0 Å². The smallest absolute Gasteiger partial charge is 0.190 e. The fourth-order valence-corrected chi connectivity index (χ4v) is 9.14. The molecule has 0 aromatic carbocycles. The molecule has 0 aromatic rings. The molecule has 2 nitrogen and oxygen atoms in total. The van der Waals surface area contributed by atoms with Crippen molar-refractivity contribution in [3.8, 4) is 0 Å². The normalized spacial score (nSPS) is 33.0. The van der Waals surface area contributed by atoms with Crippen LogP contribution in [0, 0.1) is 10.8 Å². The van der Waals surface area contributed by atoms with E-state index in [1.54, 1.807) is 0 Å². The van der Waals surface area contributed by atoms with E-state index in [-0.39, 0.29) is 18.8 Å². The van der Waals surface area contributed by atoms with E-state index in [1.165, 1.54) is 6.42 Å². The Morgan fingerprint density at radius 2 is 1.50 bits per heavy atom. The van der Waals surface area contributed by atoms with Gasteiger partial charge in [0.1, 0.15) is 6.61 Å². The third kappa shape index (κ3) is 3.37. The summed E-state index contributed by atoms with van der Waals surface area (Å²) in [4.78, 5) is 4.99. The van der Waals surface area contributed by atoms with Crippen molar-refractivity contribution in [1.82, 2.24) is 0 Å². The van der Waals surface area contributed by atoms with Gasteiger partial charge < -0.3 is 4.74 Å². The lowest BCUT2D eigenvalue weighted by Gasteiger charge is -2.43.